The fourth-order valence-electron chi connectivity index (χ4n) is 2.11. The van der Waals surface area contributed by atoms with Crippen LogP contribution in [-0.4, -0.2) is 18.0 Å². The van der Waals surface area contributed by atoms with Crippen LogP contribution >= 0.6 is 11.3 Å². The van der Waals surface area contributed by atoms with Crippen LogP contribution in [0, 0.1) is 0 Å². The van der Waals surface area contributed by atoms with E-state index in [2.05, 4.69) is 10.3 Å². The molecule has 0 atom stereocenters. The van der Waals surface area contributed by atoms with Gasteiger partial charge in [-0.1, -0.05) is 12.1 Å². The van der Waals surface area contributed by atoms with Crippen molar-refractivity contribution in [1.82, 2.24) is 4.98 Å². The van der Waals surface area contributed by atoms with Crippen molar-refractivity contribution in [2.45, 2.75) is 6.61 Å². The van der Waals surface area contributed by atoms with Gasteiger partial charge in [0.2, 0.25) is 0 Å². The van der Waals surface area contributed by atoms with Gasteiger partial charge in [-0.3, -0.25) is 9.78 Å². The normalized spacial score (nSPS) is 10.2. The zero-order valence-corrected chi connectivity index (χ0v) is 13.9. The van der Waals surface area contributed by atoms with Crippen LogP contribution in [0.3, 0.4) is 0 Å². The summed E-state index contributed by atoms with van der Waals surface area (Å²) in [5, 5.41) is 4.72. The van der Waals surface area contributed by atoms with Gasteiger partial charge in [-0.15, -0.1) is 11.3 Å². The number of rotatable bonds is 6. The summed E-state index contributed by atoms with van der Waals surface area (Å²) in [5.41, 5.74) is 1.60. The average molecular weight is 340 g/mol. The molecule has 2 aromatic heterocycles. The quantitative estimate of drug-likeness (QED) is 0.737. The predicted molar refractivity (Wildman–Crippen MR) is 93.8 cm³/mol. The number of ether oxygens (including phenoxy) is 2. The number of pyridine rings is 1. The Labute approximate surface area is 143 Å². The topological polar surface area (TPSA) is 60.5 Å². The van der Waals surface area contributed by atoms with Gasteiger partial charge in [-0.2, -0.15) is 0 Å². The highest BCUT2D eigenvalue weighted by Gasteiger charge is 2.10. The smallest absolute Gasteiger partial charge is 0.265 e. The van der Waals surface area contributed by atoms with E-state index in [4.69, 9.17) is 9.47 Å². The van der Waals surface area contributed by atoms with Crippen molar-refractivity contribution in [3.8, 4) is 11.5 Å². The van der Waals surface area contributed by atoms with Crippen LogP contribution in [0.4, 0.5) is 5.69 Å². The fourth-order valence-corrected chi connectivity index (χ4v) is 2.73. The second-order valence-electron chi connectivity index (χ2n) is 4.95. The first-order valence-electron chi connectivity index (χ1n) is 7.31. The largest absolute Gasteiger partial charge is 0.493 e. The van der Waals surface area contributed by atoms with Gasteiger partial charge in [0.05, 0.1) is 12.0 Å². The minimum absolute atomic E-state index is 0.145. The predicted octanol–water partition coefficient (Wildman–Crippen LogP) is 3.98. The van der Waals surface area contributed by atoms with Crippen LogP contribution in [-0.2, 0) is 6.61 Å². The van der Waals surface area contributed by atoms with E-state index in [-0.39, 0.29) is 5.91 Å². The van der Waals surface area contributed by atoms with Gasteiger partial charge >= 0.3 is 0 Å². The molecular formula is C18H16N2O3S. The van der Waals surface area contributed by atoms with Gasteiger partial charge in [-0.05, 0) is 29.6 Å². The second kappa shape index (κ2) is 7.61. The number of amides is 1. The standard InChI is InChI=1S/C18H16N2O3S/c1-22-15-7-6-14(20-18(21)17-5-3-9-24-17)10-16(15)23-12-13-4-2-8-19-11-13/h2-11H,12H2,1H3,(H,20,21). The Bertz CT molecular complexity index is 804. The van der Waals surface area contributed by atoms with Crippen molar-refractivity contribution < 1.29 is 14.3 Å². The first-order chi connectivity index (χ1) is 11.8. The molecule has 2 heterocycles. The van der Waals surface area contributed by atoms with Crippen molar-refractivity contribution in [3.63, 3.8) is 0 Å². The number of carbonyl (C=O) groups excluding carboxylic acids is 1. The molecule has 3 aromatic rings. The third-order valence-corrected chi connectivity index (χ3v) is 4.15. The van der Waals surface area contributed by atoms with Crippen molar-refractivity contribution in [2.24, 2.45) is 0 Å². The van der Waals surface area contributed by atoms with Crippen LogP contribution in [0.25, 0.3) is 0 Å². The first kappa shape index (κ1) is 16.0. The molecule has 0 fully saturated rings. The molecule has 0 saturated carbocycles. The van der Waals surface area contributed by atoms with E-state index in [0.29, 0.717) is 28.7 Å². The van der Waals surface area contributed by atoms with Gasteiger partial charge in [0.25, 0.3) is 5.91 Å². The highest BCUT2D eigenvalue weighted by Crippen LogP contribution is 2.31. The first-order valence-corrected chi connectivity index (χ1v) is 8.19. The molecule has 0 saturated heterocycles. The summed E-state index contributed by atoms with van der Waals surface area (Å²) in [6.07, 6.45) is 3.46. The van der Waals surface area contributed by atoms with E-state index in [1.807, 2.05) is 23.6 Å². The average Bonchev–Trinajstić information content (AvgIpc) is 3.16. The van der Waals surface area contributed by atoms with Gasteiger partial charge in [0.15, 0.2) is 11.5 Å². The number of thiophene rings is 1. The van der Waals surface area contributed by atoms with Crippen LogP contribution < -0.4 is 14.8 Å². The third kappa shape index (κ3) is 3.91. The molecule has 0 spiro atoms. The molecule has 1 amide bonds. The number of aromatic nitrogens is 1. The van der Waals surface area contributed by atoms with E-state index in [9.17, 15) is 4.79 Å². The summed E-state index contributed by atoms with van der Waals surface area (Å²) in [7, 11) is 1.58. The van der Waals surface area contributed by atoms with Gasteiger partial charge in [0.1, 0.15) is 6.61 Å². The number of carbonyl (C=O) groups is 1. The number of anilines is 1. The summed E-state index contributed by atoms with van der Waals surface area (Å²) < 4.78 is 11.1. The Hall–Kier alpha value is -2.86. The van der Waals surface area contributed by atoms with E-state index in [0.717, 1.165) is 5.56 Å². The van der Waals surface area contributed by atoms with Gasteiger partial charge < -0.3 is 14.8 Å². The number of hydrogen-bond acceptors (Lipinski definition) is 5. The monoisotopic (exact) mass is 340 g/mol. The third-order valence-electron chi connectivity index (χ3n) is 3.28. The lowest BCUT2D eigenvalue weighted by Gasteiger charge is -2.13. The Balaban J connectivity index is 1.74. The van der Waals surface area contributed by atoms with E-state index in [1.54, 1.807) is 43.8 Å². The van der Waals surface area contributed by atoms with Gasteiger partial charge in [-0.25, -0.2) is 0 Å². The number of nitrogens with one attached hydrogen (secondary N) is 1. The van der Waals surface area contributed by atoms with Crippen molar-refractivity contribution in [2.75, 3.05) is 12.4 Å². The number of benzene rings is 1. The Morgan fingerprint density at radius 3 is 2.83 bits per heavy atom. The van der Waals surface area contributed by atoms with Crippen molar-refractivity contribution in [3.05, 3.63) is 70.7 Å². The van der Waals surface area contributed by atoms with Gasteiger partial charge in [0, 0.05) is 29.7 Å². The van der Waals surface area contributed by atoms with Crippen LogP contribution in [0.1, 0.15) is 15.2 Å². The summed E-state index contributed by atoms with van der Waals surface area (Å²) in [4.78, 5) is 16.9. The number of nitrogens with zero attached hydrogens (tertiary/aromatic N) is 1. The molecule has 0 aliphatic rings. The minimum atomic E-state index is -0.145. The molecule has 0 unspecified atom stereocenters. The molecule has 0 aliphatic carbocycles. The molecule has 3 rings (SSSR count). The summed E-state index contributed by atoms with van der Waals surface area (Å²) >= 11 is 1.39. The lowest BCUT2D eigenvalue weighted by atomic mass is 10.2. The number of hydrogen-bond donors (Lipinski definition) is 1. The Kier molecular flexibility index (Phi) is 5.08. The Morgan fingerprint density at radius 2 is 2.12 bits per heavy atom. The number of methoxy groups -OCH3 is 1. The molecule has 24 heavy (non-hydrogen) atoms. The molecule has 0 bridgehead atoms. The zero-order valence-electron chi connectivity index (χ0n) is 13.1. The lowest BCUT2D eigenvalue weighted by molar-refractivity contribution is 0.103. The molecule has 6 heteroatoms. The highest BCUT2D eigenvalue weighted by atomic mass is 32.1. The molecule has 0 aliphatic heterocycles. The maximum atomic E-state index is 12.1. The molecule has 5 nitrogen and oxygen atoms in total. The van der Waals surface area contributed by atoms with Crippen molar-refractivity contribution >= 4 is 22.9 Å². The van der Waals surface area contributed by atoms with E-state index >= 15 is 0 Å². The van der Waals surface area contributed by atoms with Crippen molar-refractivity contribution in [1.29, 1.82) is 0 Å². The summed E-state index contributed by atoms with van der Waals surface area (Å²) in [5.74, 6) is 1.02. The molecule has 1 N–H and O–H groups in total. The lowest BCUT2D eigenvalue weighted by Crippen LogP contribution is -2.10. The maximum Gasteiger partial charge on any atom is 0.265 e. The zero-order chi connectivity index (χ0) is 16.8. The van der Waals surface area contributed by atoms with E-state index in [1.165, 1.54) is 11.3 Å². The van der Waals surface area contributed by atoms with Crippen LogP contribution in [0.2, 0.25) is 0 Å². The fraction of sp³-hybridized carbons (Fsp3) is 0.111. The van der Waals surface area contributed by atoms with Crippen LogP contribution in [0.15, 0.2) is 60.2 Å². The molecule has 0 radical (unpaired) electrons. The second-order valence-corrected chi connectivity index (χ2v) is 5.89. The van der Waals surface area contributed by atoms with E-state index < -0.39 is 0 Å². The SMILES string of the molecule is COc1ccc(NC(=O)c2cccs2)cc1OCc1cccnc1. The minimum Gasteiger partial charge on any atom is -0.493 e. The summed E-state index contributed by atoms with van der Waals surface area (Å²) in [6, 6.07) is 12.7. The summed E-state index contributed by atoms with van der Waals surface area (Å²) in [6.45, 7) is 0.368. The molecule has 1 aromatic carbocycles. The Morgan fingerprint density at radius 1 is 1.21 bits per heavy atom. The molecule has 122 valence electrons. The highest BCUT2D eigenvalue weighted by molar-refractivity contribution is 7.12. The van der Waals surface area contributed by atoms with Crippen LogP contribution in [0.5, 0.6) is 11.5 Å². The molecular weight excluding hydrogens is 324 g/mol. The maximum absolute atomic E-state index is 12.1.